The van der Waals surface area contributed by atoms with Gasteiger partial charge in [-0.25, -0.2) is 19.0 Å². The Morgan fingerprint density at radius 2 is 1.83 bits per heavy atom. The number of nitrogens with zero attached hydrogens (tertiary/aromatic N) is 7. The van der Waals surface area contributed by atoms with Crippen LogP contribution < -0.4 is 10.3 Å². The van der Waals surface area contributed by atoms with E-state index >= 15 is 0 Å². The number of likely N-dealkylation sites (tertiary alicyclic amines) is 1. The highest BCUT2D eigenvalue weighted by molar-refractivity contribution is 5.79. The Balaban J connectivity index is 1.04. The average Bonchev–Trinajstić information content (AvgIpc) is 3.40. The number of halogens is 1. The van der Waals surface area contributed by atoms with Gasteiger partial charge in [0.2, 0.25) is 11.8 Å². The summed E-state index contributed by atoms with van der Waals surface area (Å²) < 4.78 is 22.2. The van der Waals surface area contributed by atoms with E-state index in [1.807, 2.05) is 11.8 Å². The SMILES string of the molecule is Cc1nccc(OC2CCC(C(=O)N3CCC(O)(Cn4cnc5c(cnn5-c5ccc(F)cc5)c4=O)CC3)CC2)n1. The van der Waals surface area contributed by atoms with Gasteiger partial charge in [0, 0.05) is 31.3 Å². The Labute approximate surface area is 235 Å². The molecule has 214 valence electrons. The predicted octanol–water partition coefficient (Wildman–Crippen LogP) is 2.81. The molecule has 1 aromatic carbocycles. The van der Waals surface area contributed by atoms with Gasteiger partial charge in [-0.2, -0.15) is 10.1 Å². The van der Waals surface area contributed by atoms with Crippen molar-refractivity contribution in [2.75, 3.05) is 13.1 Å². The summed E-state index contributed by atoms with van der Waals surface area (Å²) in [5, 5.41) is 15.9. The van der Waals surface area contributed by atoms with Crippen LogP contribution in [0.25, 0.3) is 16.7 Å². The van der Waals surface area contributed by atoms with Crippen LogP contribution in [0.5, 0.6) is 5.88 Å². The second-order valence-corrected chi connectivity index (χ2v) is 11.0. The number of amides is 1. The molecule has 6 rings (SSSR count). The molecule has 2 fully saturated rings. The summed E-state index contributed by atoms with van der Waals surface area (Å²) in [4.78, 5) is 41.1. The van der Waals surface area contributed by atoms with E-state index in [1.54, 1.807) is 24.4 Å². The number of carbonyl (C=O) groups excluding carboxylic acids is 1. The van der Waals surface area contributed by atoms with E-state index in [4.69, 9.17) is 4.74 Å². The Kier molecular flexibility index (Phi) is 7.24. The number of carbonyl (C=O) groups is 1. The van der Waals surface area contributed by atoms with Gasteiger partial charge in [-0.05, 0) is 69.7 Å². The van der Waals surface area contributed by atoms with E-state index in [1.165, 1.54) is 33.9 Å². The van der Waals surface area contributed by atoms with Crippen LogP contribution in [-0.4, -0.2) is 70.0 Å². The number of piperidine rings is 1. The molecule has 3 aromatic heterocycles. The van der Waals surface area contributed by atoms with Crippen LogP contribution >= 0.6 is 0 Å². The third kappa shape index (κ3) is 5.69. The maximum atomic E-state index is 13.3. The normalized spacial score (nSPS) is 20.7. The lowest BCUT2D eigenvalue weighted by atomic mass is 9.85. The van der Waals surface area contributed by atoms with Crippen LogP contribution in [0.3, 0.4) is 0 Å². The van der Waals surface area contributed by atoms with E-state index in [9.17, 15) is 19.1 Å². The largest absolute Gasteiger partial charge is 0.474 e. The molecule has 0 atom stereocenters. The van der Waals surface area contributed by atoms with Crippen molar-refractivity contribution in [3.63, 3.8) is 0 Å². The average molecular weight is 562 g/mol. The van der Waals surface area contributed by atoms with Gasteiger partial charge in [0.15, 0.2) is 5.65 Å². The summed E-state index contributed by atoms with van der Waals surface area (Å²) in [7, 11) is 0. The van der Waals surface area contributed by atoms with E-state index in [2.05, 4.69) is 20.1 Å². The Hall–Kier alpha value is -4.19. The molecular formula is C29H32FN7O4. The van der Waals surface area contributed by atoms with Gasteiger partial charge >= 0.3 is 0 Å². The van der Waals surface area contributed by atoms with Crippen molar-refractivity contribution in [2.24, 2.45) is 5.92 Å². The number of aromatic nitrogens is 6. The van der Waals surface area contributed by atoms with Gasteiger partial charge in [0.05, 0.1) is 24.0 Å². The monoisotopic (exact) mass is 561 g/mol. The van der Waals surface area contributed by atoms with Crippen molar-refractivity contribution in [2.45, 2.75) is 63.7 Å². The summed E-state index contributed by atoms with van der Waals surface area (Å²) in [5.74, 6) is 0.930. The third-order valence-corrected chi connectivity index (χ3v) is 8.16. The minimum absolute atomic E-state index is 0.0341. The fourth-order valence-electron chi connectivity index (χ4n) is 5.81. The third-order valence-electron chi connectivity index (χ3n) is 8.16. The fraction of sp³-hybridized carbons (Fsp3) is 0.448. The predicted molar refractivity (Wildman–Crippen MR) is 147 cm³/mol. The van der Waals surface area contributed by atoms with E-state index in [-0.39, 0.29) is 35.9 Å². The lowest BCUT2D eigenvalue weighted by Crippen LogP contribution is -2.51. The molecule has 0 spiro atoms. The Bertz CT molecular complexity index is 1600. The minimum Gasteiger partial charge on any atom is -0.474 e. The topological polar surface area (TPSA) is 128 Å². The molecule has 4 aromatic rings. The second-order valence-electron chi connectivity index (χ2n) is 11.0. The maximum Gasteiger partial charge on any atom is 0.264 e. The van der Waals surface area contributed by atoms with Crippen LogP contribution in [0.15, 0.2) is 53.8 Å². The lowest BCUT2D eigenvalue weighted by molar-refractivity contribution is -0.141. The molecule has 4 heterocycles. The van der Waals surface area contributed by atoms with Gasteiger partial charge in [0.1, 0.15) is 29.5 Å². The number of fused-ring (bicyclic) bond motifs is 1. The van der Waals surface area contributed by atoms with Crippen molar-refractivity contribution in [1.29, 1.82) is 0 Å². The molecule has 1 aliphatic heterocycles. The summed E-state index contributed by atoms with van der Waals surface area (Å²) in [5.41, 5.74) is -0.503. The van der Waals surface area contributed by atoms with E-state index in [0.29, 0.717) is 54.4 Å². The first kappa shape index (κ1) is 27.0. The zero-order chi connectivity index (χ0) is 28.6. The van der Waals surface area contributed by atoms with Crippen molar-refractivity contribution >= 4 is 16.9 Å². The number of benzene rings is 1. The quantitative estimate of drug-likeness (QED) is 0.381. The molecule has 0 radical (unpaired) electrons. The van der Waals surface area contributed by atoms with E-state index in [0.717, 1.165) is 25.7 Å². The van der Waals surface area contributed by atoms with Gasteiger partial charge in [0.25, 0.3) is 5.56 Å². The number of hydrogen-bond acceptors (Lipinski definition) is 8. The van der Waals surface area contributed by atoms with Crippen LogP contribution in [-0.2, 0) is 11.3 Å². The summed E-state index contributed by atoms with van der Waals surface area (Å²) in [6.45, 7) is 2.75. The highest BCUT2D eigenvalue weighted by atomic mass is 19.1. The van der Waals surface area contributed by atoms with Gasteiger partial charge < -0.3 is 14.7 Å². The molecule has 1 saturated heterocycles. The van der Waals surface area contributed by atoms with Crippen LogP contribution in [0.1, 0.15) is 44.3 Å². The van der Waals surface area contributed by atoms with Crippen molar-refractivity contribution in [3.8, 4) is 11.6 Å². The zero-order valence-electron chi connectivity index (χ0n) is 22.8. The van der Waals surface area contributed by atoms with E-state index < -0.39 is 5.60 Å². The van der Waals surface area contributed by atoms with Crippen LogP contribution in [0, 0.1) is 18.7 Å². The molecular weight excluding hydrogens is 529 g/mol. The zero-order valence-corrected chi connectivity index (χ0v) is 22.8. The number of aliphatic hydroxyl groups is 1. The molecule has 1 aliphatic carbocycles. The number of hydrogen-bond donors (Lipinski definition) is 1. The van der Waals surface area contributed by atoms with Crippen LogP contribution in [0.2, 0.25) is 0 Å². The summed E-state index contributed by atoms with van der Waals surface area (Å²) in [6, 6.07) is 7.51. The second kappa shape index (κ2) is 11.0. The highest BCUT2D eigenvalue weighted by Crippen LogP contribution is 2.31. The molecule has 1 saturated carbocycles. The fourth-order valence-corrected chi connectivity index (χ4v) is 5.81. The molecule has 0 bridgehead atoms. The van der Waals surface area contributed by atoms with Gasteiger partial charge in [-0.1, -0.05) is 0 Å². The standard InChI is InChI=1S/C29H32FN7O4/c1-19-31-13-10-25(34-19)41-23-8-2-20(3-9-23)27(38)35-14-11-29(40,12-15-35)17-36-18-32-26-24(28(36)39)16-33-37(26)22-6-4-21(30)5-7-22/h4-7,10,13,16,18,20,23,40H,2-3,8-9,11-12,14-15,17H2,1H3. The van der Waals surface area contributed by atoms with Crippen molar-refractivity contribution in [1.82, 2.24) is 34.2 Å². The first-order chi connectivity index (χ1) is 19.8. The van der Waals surface area contributed by atoms with Crippen molar-refractivity contribution < 1.29 is 19.0 Å². The molecule has 0 unspecified atom stereocenters. The number of ether oxygens (including phenoxy) is 1. The molecule has 12 heteroatoms. The summed E-state index contributed by atoms with van der Waals surface area (Å²) in [6.07, 6.45) is 8.36. The Morgan fingerprint density at radius 3 is 2.54 bits per heavy atom. The number of aryl methyl sites for hydroxylation is 1. The smallest absolute Gasteiger partial charge is 0.264 e. The molecule has 1 amide bonds. The van der Waals surface area contributed by atoms with Crippen molar-refractivity contribution in [3.05, 3.63) is 71.0 Å². The number of rotatable bonds is 6. The maximum absolute atomic E-state index is 13.3. The molecule has 1 N–H and O–H groups in total. The Morgan fingerprint density at radius 1 is 1.10 bits per heavy atom. The first-order valence-corrected chi connectivity index (χ1v) is 13.9. The molecule has 11 nitrogen and oxygen atoms in total. The minimum atomic E-state index is -1.13. The first-order valence-electron chi connectivity index (χ1n) is 13.9. The molecule has 2 aliphatic rings. The molecule has 41 heavy (non-hydrogen) atoms. The van der Waals surface area contributed by atoms with Gasteiger partial charge in [-0.3, -0.25) is 14.2 Å². The summed E-state index contributed by atoms with van der Waals surface area (Å²) >= 11 is 0. The van der Waals surface area contributed by atoms with Gasteiger partial charge in [-0.15, -0.1) is 0 Å². The van der Waals surface area contributed by atoms with Crippen LogP contribution in [0.4, 0.5) is 4.39 Å². The lowest BCUT2D eigenvalue weighted by Gasteiger charge is -2.40. The highest BCUT2D eigenvalue weighted by Gasteiger charge is 2.37.